The fourth-order valence-electron chi connectivity index (χ4n) is 2.75. The third-order valence-electron chi connectivity index (χ3n) is 3.92. The van der Waals surface area contributed by atoms with Crippen LogP contribution < -0.4 is 5.32 Å². The van der Waals surface area contributed by atoms with E-state index in [1.54, 1.807) is 12.1 Å². The van der Waals surface area contributed by atoms with Crippen LogP contribution in [0.1, 0.15) is 31.2 Å². The Hall–Kier alpha value is -1.17. The Balaban J connectivity index is 1.99. The first kappa shape index (κ1) is 15.2. The van der Waals surface area contributed by atoms with Gasteiger partial charge in [-0.3, -0.25) is 10.1 Å². The van der Waals surface area contributed by atoms with Gasteiger partial charge in [-0.2, -0.15) is 0 Å². The van der Waals surface area contributed by atoms with Gasteiger partial charge in [-0.25, -0.2) is 0 Å². The molecule has 0 aliphatic heterocycles. The molecular weight excluding hydrogens is 280 g/mol. The molecule has 2 rings (SSSR count). The van der Waals surface area contributed by atoms with Gasteiger partial charge in [0.1, 0.15) is 5.02 Å². The SMILES string of the molecule is O=[N+]([O-])c1cc(CNC2CCCCC2CO)ccc1Cl. The van der Waals surface area contributed by atoms with Crippen LogP contribution in [0.15, 0.2) is 18.2 Å². The maximum Gasteiger partial charge on any atom is 0.288 e. The lowest BCUT2D eigenvalue weighted by molar-refractivity contribution is -0.384. The summed E-state index contributed by atoms with van der Waals surface area (Å²) in [5.41, 5.74) is 0.775. The van der Waals surface area contributed by atoms with E-state index >= 15 is 0 Å². The number of nitro groups is 1. The van der Waals surface area contributed by atoms with Gasteiger partial charge in [0.2, 0.25) is 0 Å². The summed E-state index contributed by atoms with van der Waals surface area (Å²) in [6, 6.07) is 5.13. The maximum absolute atomic E-state index is 10.8. The van der Waals surface area contributed by atoms with Crippen molar-refractivity contribution in [3.63, 3.8) is 0 Å². The smallest absolute Gasteiger partial charge is 0.288 e. The number of hydrogen-bond donors (Lipinski definition) is 2. The number of benzene rings is 1. The standard InChI is InChI=1S/C14H19ClN2O3/c15-12-6-5-10(7-14(12)17(19)20)8-16-13-4-2-1-3-11(13)9-18/h5-7,11,13,16,18H,1-4,8-9H2. The van der Waals surface area contributed by atoms with Crippen LogP contribution in [0.2, 0.25) is 5.02 Å². The number of nitro benzene ring substituents is 1. The van der Waals surface area contributed by atoms with E-state index in [9.17, 15) is 15.2 Å². The third-order valence-corrected chi connectivity index (χ3v) is 4.24. The number of hydrogen-bond acceptors (Lipinski definition) is 4. The van der Waals surface area contributed by atoms with Crippen LogP contribution in [0.5, 0.6) is 0 Å². The average molecular weight is 299 g/mol. The maximum atomic E-state index is 10.8. The molecule has 0 heterocycles. The van der Waals surface area contributed by atoms with Crippen molar-refractivity contribution >= 4 is 17.3 Å². The minimum atomic E-state index is -0.469. The minimum Gasteiger partial charge on any atom is -0.396 e. The van der Waals surface area contributed by atoms with Crippen LogP contribution in [-0.4, -0.2) is 22.7 Å². The van der Waals surface area contributed by atoms with Gasteiger partial charge in [0, 0.05) is 25.3 Å². The van der Waals surface area contributed by atoms with E-state index in [-0.39, 0.29) is 29.3 Å². The molecule has 1 aromatic carbocycles. The molecule has 6 heteroatoms. The molecule has 2 N–H and O–H groups in total. The first-order chi connectivity index (χ1) is 9.61. The summed E-state index contributed by atoms with van der Waals surface area (Å²) in [4.78, 5) is 10.4. The summed E-state index contributed by atoms with van der Waals surface area (Å²) in [7, 11) is 0. The number of aliphatic hydroxyl groups is 1. The van der Waals surface area contributed by atoms with E-state index in [2.05, 4.69) is 5.32 Å². The largest absolute Gasteiger partial charge is 0.396 e. The molecule has 20 heavy (non-hydrogen) atoms. The zero-order valence-corrected chi connectivity index (χ0v) is 12.0. The van der Waals surface area contributed by atoms with Crippen LogP contribution >= 0.6 is 11.6 Å². The molecule has 0 spiro atoms. The first-order valence-corrected chi connectivity index (χ1v) is 7.26. The second-order valence-electron chi connectivity index (χ2n) is 5.26. The van der Waals surface area contributed by atoms with E-state index < -0.39 is 4.92 Å². The first-order valence-electron chi connectivity index (χ1n) is 6.89. The summed E-state index contributed by atoms with van der Waals surface area (Å²) in [5, 5.41) is 23.8. The lowest BCUT2D eigenvalue weighted by atomic mass is 9.85. The summed E-state index contributed by atoms with van der Waals surface area (Å²) in [5.74, 6) is 0.283. The molecule has 0 saturated heterocycles. The average Bonchev–Trinajstić information content (AvgIpc) is 2.46. The Morgan fingerprint density at radius 2 is 2.15 bits per heavy atom. The topological polar surface area (TPSA) is 75.4 Å². The highest BCUT2D eigenvalue weighted by Crippen LogP contribution is 2.26. The van der Waals surface area contributed by atoms with Crippen molar-refractivity contribution in [2.75, 3.05) is 6.61 Å². The van der Waals surface area contributed by atoms with Crippen molar-refractivity contribution in [2.45, 2.75) is 38.3 Å². The zero-order valence-electron chi connectivity index (χ0n) is 11.2. The van der Waals surface area contributed by atoms with Crippen molar-refractivity contribution in [1.82, 2.24) is 5.32 Å². The molecule has 0 aromatic heterocycles. The van der Waals surface area contributed by atoms with Gasteiger partial charge in [0.25, 0.3) is 5.69 Å². The molecule has 0 bridgehead atoms. The lowest BCUT2D eigenvalue weighted by Gasteiger charge is -2.31. The Morgan fingerprint density at radius 1 is 1.40 bits per heavy atom. The lowest BCUT2D eigenvalue weighted by Crippen LogP contribution is -2.39. The van der Waals surface area contributed by atoms with Crippen molar-refractivity contribution in [2.24, 2.45) is 5.92 Å². The third kappa shape index (κ3) is 3.69. The van der Waals surface area contributed by atoms with E-state index in [0.29, 0.717) is 6.54 Å². The number of rotatable bonds is 5. The van der Waals surface area contributed by atoms with Crippen LogP contribution in [0.3, 0.4) is 0 Å². The molecule has 2 atom stereocenters. The van der Waals surface area contributed by atoms with Gasteiger partial charge in [-0.15, -0.1) is 0 Å². The number of halogens is 1. The fourth-order valence-corrected chi connectivity index (χ4v) is 2.94. The van der Waals surface area contributed by atoms with Crippen LogP contribution in [0.4, 0.5) is 5.69 Å². The molecule has 0 amide bonds. The van der Waals surface area contributed by atoms with E-state index in [0.717, 1.165) is 31.2 Å². The molecule has 1 saturated carbocycles. The molecule has 1 aromatic rings. The molecule has 2 unspecified atom stereocenters. The predicted molar refractivity (Wildman–Crippen MR) is 77.8 cm³/mol. The van der Waals surface area contributed by atoms with Crippen LogP contribution in [0.25, 0.3) is 0 Å². The highest BCUT2D eigenvalue weighted by Gasteiger charge is 2.24. The summed E-state index contributed by atoms with van der Waals surface area (Å²) in [6.45, 7) is 0.748. The highest BCUT2D eigenvalue weighted by atomic mass is 35.5. The second-order valence-corrected chi connectivity index (χ2v) is 5.66. The van der Waals surface area contributed by atoms with Gasteiger partial charge in [0.15, 0.2) is 0 Å². The second kappa shape index (κ2) is 7.02. The number of aliphatic hydroxyl groups excluding tert-OH is 1. The molecular formula is C14H19ClN2O3. The monoisotopic (exact) mass is 298 g/mol. The molecule has 1 aliphatic rings. The van der Waals surface area contributed by atoms with Crippen molar-refractivity contribution in [3.05, 3.63) is 38.9 Å². The van der Waals surface area contributed by atoms with Gasteiger partial charge in [0.05, 0.1) is 4.92 Å². The zero-order chi connectivity index (χ0) is 14.5. The van der Waals surface area contributed by atoms with Gasteiger partial charge >= 0.3 is 0 Å². The van der Waals surface area contributed by atoms with E-state index in [1.807, 2.05) is 0 Å². The van der Waals surface area contributed by atoms with E-state index in [4.69, 9.17) is 11.6 Å². The molecule has 1 aliphatic carbocycles. The van der Waals surface area contributed by atoms with Crippen molar-refractivity contribution in [1.29, 1.82) is 0 Å². The Labute approximate surface area is 123 Å². The highest BCUT2D eigenvalue weighted by molar-refractivity contribution is 6.32. The molecule has 0 radical (unpaired) electrons. The molecule has 110 valence electrons. The Kier molecular flexibility index (Phi) is 5.34. The fraction of sp³-hybridized carbons (Fsp3) is 0.571. The summed E-state index contributed by atoms with van der Waals surface area (Å²) in [6.07, 6.45) is 4.40. The normalized spacial score (nSPS) is 22.7. The quantitative estimate of drug-likeness (QED) is 0.647. The predicted octanol–water partition coefficient (Wildman–Crippen LogP) is 2.89. The van der Waals surface area contributed by atoms with Gasteiger partial charge in [-0.1, -0.05) is 30.5 Å². The van der Waals surface area contributed by atoms with Crippen LogP contribution in [0, 0.1) is 16.0 Å². The van der Waals surface area contributed by atoms with E-state index in [1.165, 1.54) is 6.07 Å². The molecule has 5 nitrogen and oxygen atoms in total. The van der Waals surface area contributed by atoms with Crippen molar-refractivity contribution < 1.29 is 10.0 Å². The number of nitrogens with zero attached hydrogens (tertiary/aromatic N) is 1. The van der Waals surface area contributed by atoms with Crippen molar-refractivity contribution in [3.8, 4) is 0 Å². The van der Waals surface area contributed by atoms with Gasteiger partial charge < -0.3 is 10.4 Å². The van der Waals surface area contributed by atoms with Gasteiger partial charge in [-0.05, 0) is 30.4 Å². The molecule has 1 fully saturated rings. The summed E-state index contributed by atoms with van der Waals surface area (Å²) < 4.78 is 0. The number of nitrogens with one attached hydrogen (secondary N) is 1. The Morgan fingerprint density at radius 3 is 2.85 bits per heavy atom. The minimum absolute atomic E-state index is 0.0617. The Bertz CT molecular complexity index is 481. The summed E-state index contributed by atoms with van der Waals surface area (Å²) >= 11 is 5.79. The van der Waals surface area contributed by atoms with Crippen LogP contribution in [-0.2, 0) is 6.54 Å².